The number of aliphatic hydroxyl groups is 1. The zero-order valence-electron chi connectivity index (χ0n) is 12.5. The highest BCUT2D eigenvalue weighted by Crippen LogP contribution is 2.25. The first-order chi connectivity index (χ1) is 10.4. The minimum Gasteiger partial charge on any atom is -0.395 e. The summed E-state index contributed by atoms with van der Waals surface area (Å²) in [4.78, 5) is 9.12. The van der Waals surface area contributed by atoms with Crippen molar-refractivity contribution < 1.29 is 9.84 Å². The van der Waals surface area contributed by atoms with Crippen LogP contribution in [0, 0.1) is 0 Å². The van der Waals surface area contributed by atoms with Gasteiger partial charge in [0.2, 0.25) is 0 Å². The Labute approximate surface area is 126 Å². The third-order valence-corrected chi connectivity index (χ3v) is 4.60. The topological polar surface area (TPSA) is 48.8 Å². The van der Waals surface area contributed by atoms with Crippen molar-refractivity contribution in [1.29, 1.82) is 0 Å². The van der Waals surface area contributed by atoms with Crippen molar-refractivity contribution in [2.24, 2.45) is 0 Å². The van der Waals surface area contributed by atoms with Crippen LogP contribution in [-0.4, -0.2) is 71.4 Å². The van der Waals surface area contributed by atoms with E-state index in [1.165, 1.54) is 5.56 Å². The van der Waals surface area contributed by atoms with E-state index in [0.29, 0.717) is 12.1 Å². The Morgan fingerprint density at radius 1 is 1.29 bits per heavy atom. The van der Waals surface area contributed by atoms with Crippen LogP contribution in [0.3, 0.4) is 0 Å². The van der Waals surface area contributed by atoms with Crippen LogP contribution in [0.1, 0.15) is 18.4 Å². The van der Waals surface area contributed by atoms with Crippen LogP contribution in [0.4, 0.5) is 0 Å². The van der Waals surface area contributed by atoms with Crippen LogP contribution in [0.5, 0.6) is 0 Å². The molecule has 2 aliphatic rings. The molecule has 0 unspecified atom stereocenters. The summed E-state index contributed by atoms with van der Waals surface area (Å²) in [6.45, 7) is 5.88. The van der Waals surface area contributed by atoms with Crippen LogP contribution in [0.25, 0.3) is 0 Å². The summed E-state index contributed by atoms with van der Waals surface area (Å²) < 4.78 is 6.01. The summed E-state index contributed by atoms with van der Waals surface area (Å²) >= 11 is 0. The molecule has 0 bridgehead atoms. The normalized spacial score (nSPS) is 28.0. The zero-order valence-corrected chi connectivity index (χ0v) is 12.5. The van der Waals surface area contributed by atoms with Gasteiger partial charge in [0.15, 0.2) is 0 Å². The molecule has 0 saturated carbocycles. The van der Waals surface area contributed by atoms with Crippen molar-refractivity contribution >= 4 is 0 Å². The van der Waals surface area contributed by atoms with Gasteiger partial charge in [-0.1, -0.05) is 6.07 Å². The van der Waals surface area contributed by atoms with Gasteiger partial charge >= 0.3 is 0 Å². The number of rotatable bonds is 4. The maximum Gasteiger partial charge on any atom is 0.0743 e. The van der Waals surface area contributed by atoms with Gasteiger partial charge in [-0.15, -0.1) is 0 Å². The smallest absolute Gasteiger partial charge is 0.0743 e. The Hall–Kier alpha value is -1.01. The molecular weight excluding hydrogens is 266 g/mol. The minimum absolute atomic E-state index is 0.246. The van der Waals surface area contributed by atoms with Gasteiger partial charge in [0.25, 0.3) is 0 Å². The molecule has 5 heteroatoms. The molecule has 5 nitrogen and oxygen atoms in total. The lowest BCUT2D eigenvalue weighted by Crippen LogP contribution is -2.50. The van der Waals surface area contributed by atoms with E-state index in [1.807, 2.05) is 18.5 Å². The fourth-order valence-corrected chi connectivity index (χ4v) is 3.50. The van der Waals surface area contributed by atoms with Crippen LogP contribution < -0.4 is 0 Å². The standard InChI is InChI=1S/C16H25N3O2/c20-10-8-18-6-3-15-16(4-7-18)21-11-9-19(15)13-14-2-1-5-17-12-14/h1-2,5,12,15-16,20H,3-4,6-11,13H2/t15-,16-/m0/s1. The highest BCUT2D eigenvalue weighted by molar-refractivity contribution is 5.09. The van der Waals surface area contributed by atoms with Crippen molar-refractivity contribution in [2.45, 2.75) is 31.5 Å². The number of aliphatic hydroxyl groups excluding tert-OH is 1. The molecule has 0 aliphatic carbocycles. The number of pyridine rings is 1. The maximum absolute atomic E-state index is 9.13. The largest absolute Gasteiger partial charge is 0.395 e. The molecule has 116 valence electrons. The monoisotopic (exact) mass is 291 g/mol. The predicted octanol–water partition coefficient (Wildman–Crippen LogP) is 0.739. The Bertz CT molecular complexity index is 429. The maximum atomic E-state index is 9.13. The van der Waals surface area contributed by atoms with E-state index in [-0.39, 0.29) is 6.61 Å². The van der Waals surface area contributed by atoms with E-state index in [9.17, 15) is 0 Å². The lowest BCUT2D eigenvalue weighted by Gasteiger charge is -2.40. The summed E-state index contributed by atoms with van der Waals surface area (Å²) in [6.07, 6.45) is 6.29. The van der Waals surface area contributed by atoms with Crippen molar-refractivity contribution in [1.82, 2.24) is 14.8 Å². The van der Waals surface area contributed by atoms with Crippen LogP contribution in [-0.2, 0) is 11.3 Å². The molecule has 1 N–H and O–H groups in total. The van der Waals surface area contributed by atoms with Crippen molar-refractivity contribution in [3.8, 4) is 0 Å². The Kier molecular flexibility index (Phi) is 5.19. The van der Waals surface area contributed by atoms with Crippen molar-refractivity contribution in [3.05, 3.63) is 30.1 Å². The summed E-state index contributed by atoms with van der Waals surface area (Å²) in [5.74, 6) is 0. The second kappa shape index (κ2) is 7.31. The SMILES string of the molecule is OCCN1CC[C@@H]2OCCN(Cc3cccnc3)[C@H]2CC1. The van der Waals surface area contributed by atoms with Crippen LogP contribution >= 0.6 is 0 Å². The van der Waals surface area contributed by atoms with Gasteiger partial charge < -0.3 is 14.7 Å². The van der Waals surface area contributed by atoms with Crippen molar-refractivity contribution in [3.63, 3.8) is 0 Å². The van der Waals surface area contributed by atoms with Gasteiger partial charge in [0, 0.05) is 44.6 Å². The average molecular weight is 291 g/mol. The van der Waals surface area contributed by atoms with Gasteiger partial charge in [0.1, 0.15) is 0 Å². The quantitative estimate of drug-likeness (QED) is 0.887. The first-order valence-corrected chi connectivity index (χ1v) is 7.94. The van der Waals surface area contributed by atoms with Gasteiger partial charge in [0.05, 0.1) is 19.3 Å². The average Bonchev–Trinajstić information content (AvgIpc) is 2.72. The van der Waals surface area contributed by atoms with Gasteiger partial charge in [-0.3, -0.25) is 9.88 Å². The number of aromatic nitrogens is 1. The third kappa shape index (κ3) is 3.80. The molecule has 2 aliphatic heterocycles. The van der Waals surface area contributed by atoms with E-state index in [2.05, 4.69) is 20.9 Å². The van der Waals surface area contributed by atoms with Gasteiger partial charge in [-0.25, -0.2) is 0 Å². The summed E-state index contributed by atoms with van der Waals surface area (Å²) in [5.41, 5.74) is 1.27. The molecule has 2 fully saturated rings. The molecule has 0 aromatic carbocycles. The lowest BCUT2D eigenvalue weighted by atomic mass is 10.0. The van der Waals surface area contributed by atoms with Gasteiger partial charge in [-0.2, -0.15) is 0 Å². The Balaban J connectivity index is 1.65. The van der Waals surface area contributed by atoms with Gasteiger partial charge in [-0.05, 0) is 31.0 Å². The van der Waals surface area contributed by atoms with Crippen molar-refractivity contribution in [2.75, 3.05) is 39.4 Å². The first-order valence-electron chi connectivity index (χ1n) is 7.94. The fraction of sp³-hybridized carbons (Fsp3) is 0.688. The number of hydrogen-bond acceptors (Lipinski definition) is 5. The minimum atomic E-state index is 0.246. The number of morpholine rings is 1. The number of likely N-dealkylation sites (tertiary alicyclic amines) is 1. The molecule has 2 atom stereocenters. The molecule has 0 amide bonds. The molecular formula is C16H25N3O2. The van der Waals surface area contributed by atoms with E-state index < -0.39 is 0 Å². The Morgan fingerprint density at radius 3 is 3.00 bits per heavy atom. The number of nitrogens with zero attached hydrogens (tertiary/aromatic N) is 3. The Morgan fingerprint density at radius 2 is 2.19 bits per heavy atom. The van der Waals surface area contributed by atoms with Crippen LogP contribution in [0.2, 0.25) is 0 Å². The van der Waals surface area contributed by atoms with E-state index in [4.69, 9.17) is 9.84 Å². The number of fused-ring (bicyclic) bond motifs is 1. The second-order valence-corrected chi connectivity index (χ2v) is 5.95. The lowest BCUT2D eigenvalue weighted by molar-refractivity contribution is -0.0747. The molecule has 3 heterocycles. The molecule has 1 aromatic heterocycles. The molecule has 0 radical (unpaired) electrons. The zero-order chi connectivity index (χ0) is 14.5. The number of β-amino-alcohol motifs (C(OH)–C–C–N with tert-alkyl or cyclic N) is 1. The van der Waals surface area contributed by atoms with Crippen LogP contribution in [0.15, 0.2) is 24.5 Å². The molecule has 1 aromatic rings. The molecule has 21 heavy (non-hydrogen) atoms. The summed E-state index contributed by atoms with van der Waals surface area (Å²) in [7, 11) is 0. The number of hydrogen-bond donors (Lipinski definition) is 1. The highest BCUT2D eigenvalue weighted by Gasteiger charge is 2.34. The molecule has 3 rings (SSSR count). The molecule has 0 spiro atoms. The third-order valence-electron chi connectivity index (χ3n) is 4.60. The second-order valence-electron chi connectivity index (χ2n) is 5.95. The van der Waals surface area contributed by atoms with E-state index in [0.717, 1.165) is 52.2 Å². The fourth-order valence-electron chi connectivity index (χ4n) is 3.50. The first kappa shape index (κ1) is 14.9. The number of ether oxygens (including phenoxy) is 1. The van der Waals surface area contributed by atoms with E-state index in [1.54, 1.807) is 0 Å². The molecule has 2 saturated heterocycles. The summed E-state index contributed by atoms with van der Waals surface area (Å²) in [6, 6.07) is 4.64. The highest BCUT2D eigenvalue weighted by atomic mass is 16.5. The summed E-state index contributed by atoms with van der Waals surface area (Å²) in [5, 5.41) is 9.13. The predicted molar refractivity (Wildman–Crippen MR) is 80.9 cm³/mol. The van der Waals surface area contributed by atoms with E-state index >= 15 is 0 Å².